The number of amides is 1. The number of halogens is 2. The van der Waals surface area contributed by atoms with Gasteiger partial charge in [0.25, 0.3) is 0 Å². The van der Waals surface area contributed by atoms with Gasteiger partial charge < -0.3 is 10.7 Å². The summed E-state index contributed by atoms with van der Waals surface area (Å²) in [5, 5.41) is 11.8. The molecule has 1 aromatic heterocycles. The van der Waals surface area contributed by atoms with Crippen LogP contribution in [0.5, 0.6) is 0 Å². The summed E-state index contributed by atoms with van der Waals surface area (Å²) < 4.78 is 0. The van der Waals surface area contributed by atoms with Gasteiger partial charge in [-0.25, -0.2) is 0 Å². The Morgan fingerprint density at radius 1 is 1.17 bits per heavy atom. The van der Waals surface area contributed by atoms with Crippen LogP contribution < -0.4 is 5.32 Å². The van der Waals surface area contributed by atoms with Crippen molar-refractivity contribution in [2.24, 2.45) is 0 Å². The van der Waals surface area contributed by atoms with Gasteiger partial charge in [0.15, 0.2) is 0 Å². The lowest BCUT2D eigenvalue weighted by Crippen LogP contribution is -2.15. The van der Waals surface area contributed by atoms with Crippen molar-refractivity contribution < 1.29 is 4.79 Å². The van der Waals surface area contributed by atoms with Gasteiger partial charge in [-0.2, -0.15) is 0 Å². The average Bonchev–Trinajstić information content (AvgIpc) is 2.51. The van der Waals surface area contributed by atoms with Gasteiger partial charge in [-0.15, -0.1) is 0 Å². The molecule has 2 rings (SSSR count). The largest absolute Gasteiger partial charge is 0.324 e. The number of nitrogens with zero attached hydrogens (tertiary/aromatic N) is 1. The number of aromatic nitrogens is 1. The molecular formula is C17H17Cl2N3O. The maximum absolute atomic E-state index is 12.1. The second-order valence-corrected chi connectivity index (χ2v) is 6.06. The predicted octanol–water partition coefficient (Wildman–Crippen LogP) is 4.79. The number of pyridine rings is 1. The molecule has 2 N–H and O–H groups in total. The maximum Gasteiger partial charge on any atom is 0.224 e. The van der Waals surface area contributed by atoms with Crippen LogP contribution in [0, 0.1) is 19.3 Å². The predicted molar refractivity (Wildman–Crippen MR) is 94.9 cm³/mol. The summed E-state index contributed by atoms with van der Waals surface area (Å²) in [6, 6.07) is 6.86. The molecule has 0 bridgehead atoms. The Bertz CT molecular complexity index is 739. The van der Waals surface area contributed by atoms with Gasteiger partial charge in [-0.3, -0.25) is 9.78 Å². The lowest BCUT2D eigenvalue weighted by molar-refractivity contribution is -0.116. The van der Waals surface area contributed by atoms with Crippen LogP contribution in [0.4, 0.5) is 5.69 Å². The molecular weight excluding hydrogens is 333 g/mol. The van der Waals surface area contributed by atoms with E-state index in [1.807, 2.05) is 19.9 Å². The first-order valence-corrected chi connectivity index (χ1v) is 7.89. The van der Waals surface area contributed by atoms with Crippen molar-refractivity contribution in [3.8, 4) is 0 Å². The summed E-state index contributed by atoms with van der Waals surface area (Å²) in [4.78, 5) is 16.3. The molecule has 23 heavy (non-hydrogen) atoms. The number of benzene rings is 1. The van der Waals surface area contributed by atoms with E-state index in [9.17, 15) is 4.79 Å². The molecule has 0 aliphatic rings. The Labute approximate surface area is 145 Å². The van der Waals surface area contributed by atoms with Crippen molar-refractivity contribution in [1.82, 2.24) is 4.98 Å². The van der Waals surface area contributed by atoms with Crippen molar-refractivity contribution in [2.75, 3.05) is 5.32 Å². The van der Waals surface area contributed by atoms with Gasteiger partial charge in [0.1, 0.15) is 0 Å². The van der Waals surface area contributed by atoms with E-state index < -0.39 is 0 Å². The molecule has 4 nitrogen and oxygen atoms in total. The van der Waals surface area contributed by atoms with Crippen molar-refractivity contribution in [2.45, 2.75) is 26.7 Å². The van der Waals surface area contributed by atoms with Crippen LogP contribution in [0.3, 0.4) is 0 Å². The van der Waals surface area contributed by atoms with Crippen LogP contribution in [0.2, 0.25) is 10.0 Å². The van der Waals surface area contributed by atoms with Crippen LogP contribution in [0.15, 0.2) is 30.5 Å². The zero-order valence-electron chi connectivity index (χ0n) is 12.9. The molecule has 0 atom stereocenters. The SMILES string of the molecule is Cc1ccnc(C)c1NC(=O)CCC(=N)c1ccc(Cl)c(Cl)c1. The molecule has 1 aromatic carbocycles. The molecule has 0 saturated heterocycles. The van der Waals surface area contributed by atoms with E-state index in [4.69, 9.17) is 28.6 Å². The fourth-order valence-electron chi connectivity index (χ4n) is 2.15. The van der Waals surface area contributed by atoms with Gasteiger partial charge in [0.2, 0.25) is 5.91 Å². The summed E-state index contributed by atoms with van der Waals surface area (Å²) >= 11 is 11.8. The minimum Gasteiger partial charge on any atom is -0.324 e. The first-order valence-electron chi connectivity index (χ1n) is 7.13. The Morgan fingerprint density at radius 3 is 2.57 bits per heavy atom. The molecule has 0 unspecified atom stereocenters. The van der Waals surface area contributed by atoms with Gasteiger partial charge in [0, 0.05) is 18.3 Å². The van der Waals surface area contributed by atoms with E-state index in [1.54, 1.807) is 24.4 Å². The molecule has 0 aliphatic carbocycles. The highest BCUT2D eigenvalue weighted by molar-refractivity contribution is 6.42. The number of rotatable bonds is 5. The summed E-state index contributed by atoms with van der Waals surface area (Å²) in [7, 11) is 0. The molecule has 0 aliphatic heterocycles. The average molecular weight is 350 g/mol. The van der Waals surface area contributed by atoms with Crippen molar-refractivity contribution in [3.63, 3.8) is 0 Å². The fourth-order valence-corrected chi connectivity index (χ4v) is 2.45. The molecule has 0 fully saturated rings. The molecule has 1 amide bonds. The van der Waals surface area contributed by atoms with E-state index in [0.717, 1.165) is 16.9 Å². The maximum atomic E-state index is 12.1. The number of aryl methyl sites for hydroxylation is 2. The van der Waals surface area contributed by atoms with Crippen LogP contribution >= 0.6 is 23.2 Å². The lowest BCUT2D eigenvalue weighted by atomic mass is 10.1. The van der Waals surface area contributed by atoms with Crippen LogP contribution in [0.25, 0.3) is 0 Å². The van der Waals surface area contributed by atoms with Gasteiger partial charge >= 0.3 is 0 Å². The normalized spacial score (nSPS) is 10.4. The van der Waals surface area contributed by atoms with E-state index in [1.165, 1.54) is 0 Å². The second kappa shape index (κ2) is 7.57. The van der Waals surface area contributed by atoms with Crippen LogP contribution in [-0.4, -0.2) is 16.6 Å². The smallest absolute Gasteiger partial charge is 0.224 e. The summed E-state index contributed by atoms with van der Waals surface area (Å²) in [5.74, 6) is -0.144. The third-order valence-corrected chi connectivity index (χ3v) is 4.22. The van der Waals surface area contributed by atoms with E-state index in [2.05, 4.69) is 10.3 Å². The highest BCUT2D eigenvalue weighted by atomic mass is 35.5. The highest BCUT2D eigenvalue weighted by Gasteiger charge is 2.11. The van der Waals surface area contributed by atoms with Crippen molar-refractivity contribution in [3.05, 3.63) is 57.3 Å². The van der Waals surface area contributed by atoms with Crippen LogP contribution in [-0.2, 0) is 4.79 Å². The van der Waals surface area contributed by atoms with E-state index in [-0.39, 0.29) is 12.3 Å². The lowest BCUT2D eigenvalue weighted by Gasteiger charge is -2.11. The zero-order chi connectivity index (χ0) is 17.0. The molecule has 0 saturated carbocycles. The number of carbonyl (C=O) groups excluding carboxylic acids is 1. The number of anilines is 1. The van der Waals surface area contributed by atoms with Crippen molar-refractivity contribution in [1.29, 1.82) is 5.41 Å². The molecule has 1 heterocycles. The Balaban J connectivity index is 1.96. The minimum atomic E-state index is -0.144. The highest BCUT2D eigenvalue weighted by Crippen LogP contribution is 2.23. The first-order chi connectivity index (χ1) is 10.9. The standard InChI is InChI=1S/C17H17Cl2N3O/c1-10-7-8-21-11(2)17(10)22-16(23)6-5-15(20)12-3-4-13(18)14(19)9-12/h3-4,7-9,20H,5-6H2,1-2H3,(H,22,23). The summed E-state index contributed by atoms with van der Waals surface area (Å²) in [6.45, 7) is 3.77. The van der Waals surface area contributed by atoms with Gasteiger partial charge in [-0.1, -0.05) is 29.3 Å². The summed E-state index contributed by atoms with van der Waals surface area (Å²) in [6.07, 6.45) is 2.25. The third-order valence-electron chi connectivity index (χ3n) is 3.48. The molecule has 0 spiro atoms. The quantitative estimate of drug-likeness (QED) is 0.761. The minimum absolute atomic E-state index is 0.144. The molecule has 2 aromatic rings. The second-order valence-electron chi connectivity index (χ2n) is 5.24. The topological polar surface area (TPSA) is 65.8 Å². The zero-order valence-corrected chi connectivity index (χ0v) is 14.4. The third kappa shape index (κ3) is 4.53. The Morgan fingerprint density at radius 2 is 1.91 bits per heavy atom. The Kier molecular flexibility index (Phi) is 5.74. The number of carbonyl (C=O) groups is 1. The van der Waals surface area contributed by atoms with Gasteiger partial charge in [0.05, 0.1) is 21.4 Å². The first kappa shape index (κ1) is 17.4. The molecule has 120 valence electrons. The number of nitrogens with one attached hydrogen (secondary N) is 2. The van der Waals surface area contributed by atoms with Crippen LogP contribution in [0.1, 0.15) is 29.7 Å². The molecule has 6 heteroatoms. The van der Waals surface area contributed by atoms with E-state index in [0.29, 0.717) is 27.7 Å². The number of hydrogen-bond donors (Lipinski definition) is 2. The Hall–Kier alpha value is -1.91. The number of hydrogen-bond acceptors (Lipinski definition) is 3. The van der Waals surface area contributed by atoms with Crippen molar-refractivity contribution >= 4 is 40.5 Å². The van der Waals surface area contributed by atoms with Gasteiger partial charge in [-0.05, 0) is 49.6 Å². The summed E-state index contributed by atoms with van der Waals surface area (Å²) in [5.41, 5.74) is 3.49. The monoisotopic (exact) mass is 349 g/mol. The molecule has 0 radical (unpaired) electrons. The van der Waals surface area contributed by atoms with E-state index >= 15 is 0 Å². The fraction of sp³-hybridized carbons (Fsp3) is 0.235.